The van der Waals surface area contributed by atoms with Crippen LogP contribution in [0.15, 0.2) is 97.1 Å². The van der Waals surface area contributed by atoms with Crippen LogP contribution in [0.4, 0.5) is 43.9 Å². The molecule has 4 aromatic rings. The van der Waals surface area contributed by atoms with E-state index in [0.29, 0.717) is 0 Å². The van der Waals surface area contributed by atoms with Crippen LogP contribution in [0.25, 0.3) is 0 Å². The fraction of sp³-hybridized carbons (Fsp3) is 0.368. The number of halogens is 10. The summed E-state index contributed by atoms with van der Waals surface area (Å²) in [5, 5.41) is 0. The molecule has 0 N–H and O–H groups in total. The van der Waals surface area contributed by atoms with Crippen molar-refractivity contribution >= 4 is 0 Å². The topological polar surface area (TPSA) is 46.2 Å². The normalized spacial score (nSPS) is 16.1. The quantitative estimate of drug-likeness (QED) is 0.106. The molecule has 0 aliphatic heterocycles. The average Bonchev–Trinajstić information content (AvgIpc) is 3.04. The first-order chi connectivity index (χ1) is 24.3. The number of rotatable bonds is 12. The third kappa shape index (κ3) is 10.6. The second kappa shape index (κ2) is 14.9. The van der Waals surface area contributed by atoms with Crippen LogP contribution in [0.2, 0.25) is 0 Å². The molecule has 53 heavy (non-hydrogen) atoms. The SMILES string of the molecule is CC(C)(C)c1ccc(OC(F)(Oc2ccc(Oc3ccc(OC(F)(Oc4ccc(C(C)(C)C)cc4)C(F)C(F)(F)F)cc3)cc2)C(F)C(F)(F)F)cc1. The smallest absolute Gasteiger partial charge is 0.449 e. The predicted molar refractivity (Wildman–Crippen MR) is 175 cm³/mol. The Morgan fingerprint density at radius 1 is 0.358 bits per heavy atom. The predicted octanol–water partition coefficient (Wildman–Crippen LogP) is 12.0. The van der Waals surface area contributed by atoms with Gasteiger partial charge in [0.2, 0.25) is 0 Å². The van der Waals surface area contributed by atoms with Crippen LogP contribution in [-0.4, -0.2) is 36.8 Å². The molecule has 0 saturated carbocycles. The molecule has 0 bridgehead atoms. The van der Waals surface area contributed by atoms with Crippen molar-refractivity contribution in [2.24, 2.45) is 0 Å². The maximum atomic E-state index is 15.6. The van der Waals surface area contributed by atoms with Crippen molar-refractivity contribution < 1.29 is 67.6 Å². The van der Waals surface area contributed by atoms with Gasteiger partial charge in [0.25, 0.3) is 0 Å². The minimum Gasteiger partial charge on any atom is -0.457 e. The minimum atomic E-state index is -5.71. The van der Waals surface area contributed by atoms with Crippen LogP contribution in [-0.2, 0) is 10.8 Å². The third-order valence-corrected chi connectivity index (χ3v) is 7.53. The van der Waals surface area contributed by atoms with Gasteiger partial charge in [0.15, 0.2) is 0 Å². The van der Waals surface area contributed by atoms with Gasteiger partial charge in [-0.3, -0.25) is 0 Å². The van der Waals surface area contributed by atoms with E-state index in [1.165, 1.54) is 48.5 Å². The van der Waals surface area contributed by atoms with Crippen molar-refractivity contribution in [2.45, 2.75) is 89.2 Å². The standard InChI is InChI=1S/C38H36F10O5/c1-33(2,3)23-7-11-27(12-8-23)50-37(47,31(39)35(41,42)43)52-29-19-15-25(16-20-29)49-26-17-21-30(22-18-26)53-38(48,32(40)36(44,45)46)51-28-13-9-24(10-14-28)34(4,5)6/h7-22,31-32H,1-6H3. The Kier molecular flexibility index (Phi) is 11.5. The largest absolute Gasteiger partial charge is 0.457 e. The molecule has 0 fully saturated rings. The van der Waals surface area contributed by atoms with Crippen LogP contribution < -0.4 is 23.7 Å². The Morgan fingerprint density at radius 2 is 0.566 bits per heavy atom. The van der Waals surface area contributed by atoms with Gasteiger partial charge in [-0.1, -0.05) is 65.8 Å². The van der Waals surface area contributed by atoms with Crippen LogP contribution in [0, 0.1) is 0 Å². The second-order valence-corrected chi connectivity index (χ2v) is 14.0. The van der Waals surface area contributed by atoms with Gasteiger partial charge in [-0.15, -0.1) is 0 Å². The molecule has 0 amide bonds. The fourth-order valence-electron chi connectivity index (χ4n) is 4.62. The Bertz CT molecular complexity index is 1650. The molecule has 0 aromatic heterocycles. The van der Waals surface area contributed by atoms with Crippen molar-refractivity contribution in [2.75, 3.05) is 0 Å². The van der Waals surface area contributed by atoms with Gasteiger partial charge in [-0.25, -0.2) is 8.78 Å². The Morgan fingerprint density at radius 3 is 0.774 bits per heavy atom. The summed E-state index contributed by atoms with van der Waals surface area (Å²) < 4.78 is 165. The van der Waals surface area contributed by atoms with Gasteiger partial charge in [0.1, 0.15) is 34.5 Å². The first-order valence-corrected chi connectivity index (χ1v) is 15.9. The van der Waals surface area contributed by atoms with E-state index in [2.05, 4.69) is 0 Å². The molecule has 0 heterocycles. The first kappa shape index (κ1) is 40.9. The molecule has 4 unspecified atom stereocenters. The Labute approximate surface area is 299 Å². The van der Waals surface area contributed by atoms with Gasteiger partial charge < -0.3 is 23.7 Å². The lowest BCUT2D eigenvalue weighted by Gasteiger charge is -2.30. The summed E-state index contributed by atoms with van der Waals surface area (Å²) in [7, 11) is 0. The van der Waals surface area contributed by atoms with E-state index in [1.807, 2.05) is 41.5 Å². The van der Waals surface area contributed by atoms with E-state index in [0.717, 1.165) is 59.7 Å². The Balaban J connectivity index is 1.47. The molecule has 15 heteroatoms. The highest BCUT2D eigenvalue weighted by Crippen LogP contribution is 2.40. The zero-order valence-electron chi connectivity index (χ0n) is 29.2. The highest BCUT2D eigenvalue weighted by atomic mass is 19.4. The van der Waals surface area contributed by atoms with Gasteiger partial charge in [-0.2, -0.15) is 35.1 Å². The summed E-state index contributed by atoms with van der Waals surface area (Å²) in [6.45, 7) is 11.2. The van der Waals surface area contributed by atoms with E-state index in [4.69, 9.17) is 23.7 Å². The summed E-state index contributed by atoms with van der Waals surface area (Å²) in [4.78, 5) is 0. The average molecular weight is 763 g/mol. The fourth-order valence-corrected chi connectivity index (χ4v) is 4.62. The summed E-state index contributed by atoms with van der Waals surface area (Å²) in [5.74, 6) is -2.09. The van der Waals surface area contributed by atoms with Crippen molar-refractivity contribution in [3.05, 3.63) is 108 Å². The molecule has 4 aromatic carbocycles. The number of benzene rings is 4. The van der Waals surface area contributed by atoms with Crippen LogP contribution in [0.1, 0.15) is 52.7 Å². The lowest BCUT2D eigenvalue weighted by molar-refractivity contribution is -0.325. The van der Waals surface area contributed by atoms with Gasteiger partial charge in [0.05, 0.1) is 0 Å². The zero-order valence-corrected chi connectivity index (χ0v) is 29.2. The van der Waals surface area contributed by atoms with E-state index in [9.17, 15) is 35.1 Å². The van der Waals surface area contributed by atoms with Gasteiger partial charge in [-0.05, 0) is 94.8 Å². The zero-order chi connectivity index (χ0) is 39.6. The highest BCUT2D eigenvalue weighted by molar-refractivity contribution is 5.38. The molecule has 288 valence electrons. The molecule has 0 radical (unpaired) electrons. The number of hydrogen-bond donors (Lipinski definition) is 0. The maximum absolute atomic E-state index is 15.6. The van der Waals surface area contributed by atoms with Gasteiger partial charge in [0, 0.05) is 0 Å². The molecule has 0 aliphatic carbocycles. The Hall–Kier alpha value is -4.82. The molecule has 4 rings (SSSR count). The first-order valence-electron chi connectivity index (χ1n) is 15.9. The molecule has 0 spiro atoms. The number of alkyl halides is 10. The van der Waals surface area contributed by atoms with Crippen molar-refractivity contribution in [3.63, 3.8) is 0 Å². The minimum absolute atomic E-state index is 0.0236. The molecule has 0 saturated heterocycles. The van der Waals surface area contributed by atoms with Crippen LogP contribution in [0.3, 0.4) is 0 Å². The monoisotopic (exact) mass is 762 g/mol. The van der Waals surface area contributed by atoms with Crippen LogP contribution in [0.5, 0.6) is 34.5 Å². The van der Waals surface area contributed by atoms with E-state index < -0.39 is 59.8 Å². The lowest BCUT2D eigenvalue weighted by atomic mass is 9.87. The summed E-state index contributed by atoms with van der Waals surface area (Å²) in [6, 6.07) is 10.2. The second-order valence-electron chi connectivity index (χ2n) is 14.0. The highest BCUT2D eigenvalue weighted by Gasteiger charge is 2.62. The van der Waals surface area contributed by atoms with E-state index in [1.54, 1.807) is 0 Å². The summed E-state index contributed by atoms with van der Waals surface area (Å²) >= 11 is 0. The van der Waals surface area contributed by atoms with E-state index in [-0.39, 0.29) is 22.3 Å². The number of hydrogen-bond acceptors (Lipinski definition) is 5. The molecule has 5 nitrogen and oxygen atoms in total. The number of ether oxygens (including phenoxy) is 5. The van der Waals surface area contributed by atoms with Crippen molar-refractivity contribution in [1.82, 2.24) is 0 Å². The third-order valence-electron chi connectivity index (χ3n) is 7.53. The summed E-state index contributed by atoms with van der Waals surface area (Å²) in [5.41, 5.74) is 0.803. The maximum Gasteiger partial charge on any atom is 0.449 e. The van der Waals surface area contributed by atoms with Crippen LogP contribution >= 0.6 is 0 Å². The summed E-state index contributed by atoms with van der Waals surface area (Å²) in [6.07, 6.45) is -19.9. The molecule has 4 atom stereocenters. The molecular formula is C38H36F10O5. The lowest BCUT2D eigenvalue weighted by Crippen LogP contribution is -2.53. The van der Waals surface area contributed by atoms with Crippen molar-refractivity contribution in [3.8, 4) is 34.5 Å². The van der Waals surface area contributed by atoms with E-state index >= 15 is 8.78 Å². The van der Waals surface area contributed by atoms with Crippen molar-refractivity contribution in [1.29, 1.82) is 0 Å². The molecule has 0 aliphatic rings. The molecular weight excluding hydrogens is 726 g/mol. The van der Waals surface area contributed by atoms with Gasteiger partial charge >= 0.3 is 36.8 Å².